The molecular weight excluding hydrogens is 346 g/mol. The highest BCUT2D eigenvalue weighted by molar-refractivity contribution is 9.10. The Balaban J connectivity index is 2.06. The molecule has 22 heavy (non-hydrogen) atoms. The first-order valence-electron chi connectivity index (χ1n) is 7.47. The van der Waals surface area contributed by atoms with Crippen molar-refractivity contribution in [2.75, 3.05) is 30.3 Å². The molecule has 1 atom stereocenters. The number of nitrogens with zero attached hydrogens (tertiary/aromatic N) is 2. The van der Waals surface area contributed by atoms with Gasteiger partial charge in [0.2, 0.25) is 0 Å². The van der Waals surface area contributed by atoms with Crippen molar-refractivity contribution in [3.63, 3.8) is 0 Å². The highest BCUT2D eigenvalue weighted by Crippen LogP contribution is 2.29. The van der Waals surface area contributed by atoms with Gasteiger partial charge in [-0.25, -0.2) is 4.79 Å². The lowest BCUT2D eigenvalue weighted by atomic mass is 10.1. The average Bonchev–Trinajstić information content (AvgIpc) is 2.39. The second-order valence-electron chi connectivity index (χ2n) is 6.67. The Hall–Kier alpha value is -1.43. The Labute approximate surface area is 140 Å². The predicted molar refractivity (Wildman–Crippen MR) is 93.2 cm³/mol. The van der Waals surface area contributed by atoms with E-state index in [2.05, 4.69) is 20.8 Å². The minimum Gasteiger partial charge on any atom is -0.444 e. The number of rotatable bonds is 1. The predicted octanol–water partition coefficient (Wildman–Crippen LogP) is 3.48. The minimum absolute atomic E-state index is 0.0713. The third-order valence-corrected chi connectivity index (χ3v) is 4.08. The Morgan fingerprint density at radius 1 is 1.36 bits per heavy atom. The molecule has 1 aromatic carbocycles. The highest BCUT2D eigenvalue weighted by Gasteiger charge is 2.31. The number of anilines is 2. The number of piperazine rings is 1. The maximum atomic E-state index is 12.2. The van der Waals surface area contributed by atoms with E-state index in [0.717, 1.165) is 28.9 Å². The molecule has 1 aliphatic rings. The summed E-state index contributed by atoms with van der Waals surface area (Å²) in [6.07, 6.45) is -0.248. The molecule has 0 aliphatic carbocycles. The van der Waals surface area contributed by atoms with Crippen LogP contribution in [0, 0.1) is 0 Å². The van der Waals surface area contributed by atoms with Crippen molar-refractivity contribution < 1.29 is 9.53 Å². The summed E-state index contributed by atoms with van der Waals surface area (Å²) < 4.78 is 6.47. The van der Waals surface area contributed by atoms with Gasteiger partial charge < -0.3 is 20.3 Å². The van der Waals surface area contributed by atoms with Gasteiger partial charge in [0.05, 0.1) is 11.4 Å². The zero-order valence-electron chi connectivity index (χ0n) is 13.6. The molecule has 0 saturated carbocycles. The number of carbonyl (C=O) groups excluding carboxylic acids is 1. The Morgan fingerprint density at radius 2 is 2.05 bits per heavy atom. The Morgan fingerprint density at radius 3 is 2.64 bits per heavy atom. The number of nitrogens with two attached hydrogens (primary N) is 1. The maximum absolute atomic E-state index is 12.2. The molecular formula is C16H24BrN3O2. The number of ether oxygens (including phenoxy) is 1. The first kappa shape index (κ1) is 16.9. The molecule has 0 unspecified atom stereocenters. The molecule has 1 heterocycles. The van der Waals surface area contributed by atoms with E-state index in [4.69, 9.17) is 10.5 Å². The van der Waals surface area contributed by atoms with Crippen LogP contribution in [0.25, 0.3) is 0 Å². The second-order valence-corrected chi connectivity index (χ2v) is 7.59. The molecule has 2 N–H and O–H groups in total. The molecule has 1 aliphatic heterocycles. The van der Waals surface area contributed by atoms with E-state index in [1.165, 1.54) is 0 Å². The number of carbonyl (C=O) groups is 1. The lowest BCUT2D eigenvalue weighted by Crippen LogP contribution is -2.55. The number of benzene rings is 1. The van der Waals surface area contributed by atoms with Crippen LogP contribution in [0.5, 0.6) is 0 Å². The molecule has 5 nitrogen and oxygen atoms in total. The zero-order chi connectivity index (χ0) is 16.5. The van der Waals surface area contributed by atoms with Gasteiger partial charge in [-0.3, -0.25) is 0 Å². The summed E-state index contributed by atoms with van der Waals surface area (Å²) in [6.45, 7) is 9.78. The summed E-state index contributed by atoms with van der Waals surface area (Å²) in [5.74, 6) is 0. The summed E-state index contributed by atoms with van der Waals surface area (Å²) in [5, 5.41) is 0. The molecule has 0 aromatic heterocycles. The molecule has 1 saturated heterocycles. The van der Waals surface area contributed by atoms with Crippen molar-refractivity contribution in [3.05, 3.63) is 22.7 Å². The van der Waals surface area contributed by atoms with Gasteiger partial charge in [0.25, 0.3) is 0 Å². The van der Waals surface area contributed by atoms with E-state index in [1.807, 2.05) is 45.9 Å². The topological polar surface area (TPSA) is 58.8 Å². The third kappa shape index (κ3) is 4.06. The number of hydrogen-bond acceptors (Lipinski definition) is 4. The van der Waals surface area contributed by atoms with Gasteiger partial charge in [-0.1, -0.05) is 15.9 Å². The van der Waals surface area contributed by atoms with E-state index in [1.54, 1.807) is 4.90 Å². The Kier molecular flexibility index (Phi) is 4.90. The number of nitrogen functional groups attached to an aromatic ring is 1. The largest absolute Gasteiger partial charge is 0.444 e. The van der Waals surface area contributed by atoms with Crippen LogP contribution in [-0.2, 0) is 4.74 Å². The lowest BCUT2D eigenvalue weighted by Gasteiger charge is -2.41. The molecule has 0 radical (unpaired) electrons. The van der Waals surface area contributed by atoms with Crippen molar-refractivity contribution in [1.29, 1.82) is 0 Å². The molecule has 1 fully saturated rings. The van der Waals surface area contributed by atoms with Crippen LogP contribution >= 0.6 is 15.9 Å². The van der Waals surface area contributed by atoms with Gasteiger partial charge >= 0.3 is 6.09 Å². The molecule has 2 rings (SSSR count). The molecule has 1 amide bonds. The van der Waals surface area contributed by atoms with Crippen LogP contribution in [0.4, 0.5) is 16.2 Å². The monoisotopic (exact) mass is 369 g/mol. The van der Waals surface area contributed by atoms with E-state index >= 15 is 0 Å². The van der Waals surface area contributed by atoms with Crippen LogP contribution in [0.1, 0.15) is 27.7 Å². The molecule has 0 bridgehead atoms. The van der Waals surface area contributed by atoms with Crippen LogP contribution in [0.3, 0.4) is 0 Å². The fourth-order valence-corrected chi connectivity index (χ4v) is 2.91. The standard InChI is InChI=1S/C16H24BrN3O2/c1-11-10-19(14-9-12(17)5-6-13(14)18)7-8-20(11)15(21)22-16(2,3)4/h5-6,9,11H,7-8,10,18H2,1-4H3/t11-/m1/s1. The first-order chi connectivity index (χ1) is 10.2. The maximum Gasteiger partial charge on any atom is 0.410 e. The van der Waals surface area contributed by atoms with Crippen molar-refractivity contribution in [3.8, 4) is 0 Å². The summed E-state index contributed by atoms with van der Waals surface area (Å²) in [4.78, 5) is 16.2. The number of amides is 1. The van der Waals surface area contributed by atoms with E-state index in [0.29, 0.717) is 6.54 Å². The SMILES string of the molecule is C[C@@H]1CN(c2cc(Br)ccc2N)CCN1C(=O)OC(C)(C)C. The van der Waals surface area contributed by atoms with E-state index < -0.39 is 5.60 Å². The third-order valence-electron chi connectivity index (χ3n) is 3.59. The smallest absolute Gasteiger partial charge is 0.410 e. The first-order valence-corrected chi connectivity index (χ1v) is 8.26. The van der Waals surface area contributed by atoms with Crippen LogP contribution in [-0.4, -0.2) is 42.3 Å². The zero-order valence-corrected chi connectivity index (χ0v) is 15.2. The highest BCUT2D eigenvalue weighted by atomic mass is 79.9. The lowest BCUT2D eigenvalue weighted by molar-refractivity contribution is 0.0159. The van der Waals surface area contributed by atoms with Gasteiger partial charge in [-0.2, -0.15) is 0 Å². The second kappa shape index (κ2) is 6.36. The van der Waals surface area contributed by atoms with Crippen molar-refractivity contribution >= 4 is 33.4 Å². The van der Waals surface area contributed by atoms with E-state index in [-0.39, 0.29) is 12.1 Å². The van der Waals surface area contributed by atoms with Crippen molar-refractivity contribution in [1.82, 2.24) is 4.90 Å². The van der Waals surface area contributed by atoms with Gasteiger partial charge in [-0.15, -0.1) is 0 Å². The number of halogens is 1. The summed E-state index contributed by atoms with van der Waals surface area (Å²) in [5.41, 5.74) is 7.36. The van der Waals surface area contributed by atoms with Crippen LogP contribution < -0.4 is 10.6 Å². The molecule has 0 spiro atoms. The Bertz CT molecular complexity index is 557. The minimum atomic E-state index is -0.470. The molecule has 1 aromatic rings. The fourth-order valence-electron chi connectivity index (χ4n) is 2.56. The van der Waals surface area contributed by atoms with Gasteiger partial charge in [-0.05, 0) is 45.9 Å². The normalized spacial score (nSPS) is 19.2. The average molecular weight is 370 g/mol. The van der Waals surface area contributed by atoms with Crippen molar-refractivity contribution in [2.45, 2.75) is 39.3 Å². The fraction of sp³-hybridized carbons (Fsp3) is 0.562. The van der Waals surface area contributed by atoms with Crippen molar-refractivity contribution in [2.24, 2.45) is 0 Å². The summed E-state index contributed by atoms with van der Waals surface area (Å²) in [6, 6.07) is 5.91. The van der Waals surface area contributed by atoms with Gasteiger partial charge in [0.1, 0.15) is 5.60 Å². The van der Waals surface area contributed by atoms with Crippen LogP contribution in [0.15, 0.2) is 22.7 Å². The summed E-state index contributed by atoms with van der Waals surface area (Å²) in [7, 11) is 0. The van der Waals surface area contributed by atoms with Gasteiger partial charge in [0.15, 0.2) is 0 Å². The van der Waals surface area contributed by atoms with Gasteiger partial charge in [0, 0.05) is 30.1 Å². The molecule has 122 valence electrons. The summed E-state index contributed by atoms with van der Waals surface area (Å²) >= 11 is 3.48. The van der Waals surface area contributed by atoms with Crippen LogP contribution in [0.2, 0.25) is 0 Å². The van der Waals surface area contributed by atoms with E-state index in [9.17, 15) is 4.79 Å². The molecule has 6 heteroatoms. The number of hydrogen-bond donors (Lipinski definition) is 1. The quantitative estimate of drug-likeness (QED) is 0.769.